The van der Waals surface area contributed by atoms with E-state index in [0.717, 1.165) is 47.6 Å². The van der Waals surface area contributed by atoms with E-state index in [1.54, 1.807) is 0 Å². The zero-order chi connectivity index (χ0) is 18.6. The molecule has 0 aromatic carbocycles. The van der Waals surface area contributed by atoms with Crippen LogP contribution in [0.5, 0.6) is 0 Å². The van der Waals surface area contributed by atoms with Gasteiger partial charge in [0, 0.05) is 37.3 Å². The summed E-state index contributed by atoms with van der Waals surface area (Å²) < 4.78 is 1.99. The van der Waals surface area contributed by atoms with Crippen molar-refractivity contribution < 1.29 is 4.79 Å². The highest BCUT2D eigenvalue weighted by molar-refractivity contribution is 6.06. The molecule has 3 heterocycles. The Balaban J connectivity index is 0.00000140. The van der Waals surface area contributed by atoms with Gasteiger partial charge in [-0.1, -0.05) is 0 Å². The van der Waals surface area contributed by atoms with Crippen LogP contribution in [0.4, 0.5) is 0 Å². The molecule has 2 fully saturated rings. The predicted octanol–water partition coefficient (Wildman–Crippen LogP) is 3.65. The maximum Gasteiger partial charge on any atom is 0.255 e. The monoisotopic (exact) mass is 427 g/mol. The Morgan fingerprint density at radius 1 is 1.25 bits per heavy atom. The summed E-state index contributed by atoms with van der Waals surface area (Å²) in [5.41, 5.74) is 3.39. The summed E-state index contributed by atoms with van der Waals surface area (Å²) in [5.74, 6) is 0.611. The summed E-state index contributed by atoms with van der Waals surface area (Å²) in [6.07, 6.45) is 2.33. The maximum atomic E-state index is 13.5. The van der Waals surface area contributed by atoms with Crippen LogP contribution in [0.1, 0.15) is 68.2 Å². The predicted molar refractivity (Wildman–Crippen MR) is 117 cm³/mol. The van der Waals surface area contributed by atoms with Crippen molar-refractivity contribution in [2.24, 2.45) is 0 Å². The molecule has 1 saturated heterocycles. The molecule has 2 aromatic rings. The average Bonchev–Trinajstić information content (AvgIpc) is 3.37. The summed E-state index contributed by atoms with van der Waals surface area (Å²) in [6, 6.07) is 2.24. The van der Waals surface area contributed by atoms with Crippen molar-refractivity contribution in [2.75, 3.05) is 19.6 Å². The molecule has 1 amide bonds. The highest BCUT2D eigenvalue weighted by Gasteiger charge is 2.32. The summed E-state index contributed by atoms with van der Waals surface area (Å²) in [6.45, 7) is 12.9. The molecular weight excluding hydrogens is 397 g/mol. The summed E-state index contributed by atoms with van der Waals surface area (Å²) >= 11 is 0. The van der Waals surface area contributed by atoms with E-state index in [2.05, 4.69) is 33.0 Å². The highest BCUT2D eigenvalue weighted by atomic mass is 35.5. The zero-order valence-electron chi connectivity index (χ0n) is 17.3. The Hall–Kier alpha value is -1.37. The van der Waals surface area contributed by atoms with Crippen molar-refractivity contribution in [1.82, 2.24) is 25.0 Å². The number of hydrogen-bond acceptors (Lipinski definition) is 4. The van der Waals surface area contributed by atoms with Gasteiger partial charge >= 0.3 is 0 Å². The third kappa shape index (κ3) is 4.00. The molecule has 0 spiro atoms. The van der Waals surface area contributed by atoms with Gasteiger partial charge in [-0.05, 0) is 53.5 Å². The second-order valence-electron chi connectivity index (χ2n) is 8.79. The van der Waals surface area contributed by atoms with E-state index < -0.39 is 0 Å². The molecule has 0 radical (unpaired) electrons. The van der Waals surface area contributed by atoms with Gasteiger partial charge in [-0.25, -0.2) is 9.67 Å². The summed E-state index contributed by atoms with van der Waals surface area (Å²) in [4.78, 5) is 20.4. The minimum Gasteiger partial charge on any atom is -0.333 e. The molecule has 1 aliphatic carbocycles. The third-order valence-corrected chi connectivity index (χ3v) is 5.46. The number of carbonyl (C=O) groups is 1. The van der Waals surface area contributed by atoms with Gasteiger partial charge in [0.2, 0.25) is 0 Å². The van der Waals surface area contributed by atoms with Crippen molar-refractivity contribution in [3.05, 3.63) is 23.0 Å². The van der Waals surface area contributed by atoms with Crippen molar-refractivity contribution in [3.63, 3.8) is 0 Å². The molecule has 1 saturated carbocycles. The van der Waals surface area contributed by atoms with Gasteiger partial charge in [-0.2, -0.15) is 5.10 Å². The minimum absolute atomic E-state index is 0. The van der Waals surface area contributed by atoms with Crippen molar-refractivity contribution in [2.45, 2.75) is 65.0 Å². The molecule has 2 aliphatic rings. The van der Waals surface area contributed by atoms with Crippen molar-refractivity contribution in [3.8, 4) is 0 Å². The smallest absolute Gasteiger partial charge is 0.255 e. The lowest BCUT2D eigenvalue weighted by atomic mass is 10.0. The second-order valence-corrected chi connectivity index (χ2v) is 8.79. The summed E-state index contributed by atoms with van der Waals surface area (Å²) in [7, 11) is 0. The average molecular weight is 428 g/mol. The number of aromatic nitrogens is 3. The fourth-order valence-corrected chi connectivity index (χ4v) is 3.83. The number of nitrogens with zero attached hydrogens (tertiary/aromatic N) is 4. The maximum absolute atomic E-state index is 13.5. The van der Waals surface area contributed by atoms with Gasteiger partial charge in [0.25, 0.3) is 5.91 Å². The van der Waals surface area contributed by atoms with Gasteiger partial charge in [-0.3, -0.25) is 4.79 Å². The normalized spacial score (nSPS) is 19.9. The summed E-state index contributed by atoms with van der Waals surface area (Å²) in [5, 5.41) is 9.04. The number of halogens is 2. The molecule has 4 rings (SSSR count). The lowest BCUT2D eigenvalue weighted by Gasteiger charge is -2.34. The number of amides is 1. The van der Waals surface area contributed by atoms with E-state index >= 15 is 0 Å². The quantitative estimate of drug-likeness (QED) is 0.793. The number of rotatable bonds is 2. The van der Waals surface area contributed by atoms with Gasteiger partial charge in [0.15, 0.2) is 5.65 Å². The number of fused-ring (bicyclic) bond motifs is 1. The molecule has 1 N–H and O–H groups in total. The fourth-order valence-electron chi connectivity index (χ4n) is 3.83. The Morgan fingerprint density at radius 2 is 1.93 bits per heavy atom. The number of nitrogens with one attached hydrogen (secondary N) is 1. The molecule has 156 valence electrons. The first-order valence-corrected chi connectivity index (χ1v) is 9.70. The lowest BCUT2D eigenvalue weighted by molar-refractivity contribution is 0.0657. The Bertz CT molecular complexity index is 870. The fraction of sp³-hybridized carbons (Fsp3) is 0.650. The van der Waals surface area contributed by atoms with E-state index in [-0.39, 0.29) is 42.3 Å². The topological polar surface area (TPSA) is 63.1 Å². The van der Waals surface area contributed by atoms with Crippen LogP contribution >= 0.6 is 24.8 Å². The molecule has 28 heavy (non-hydrogen) atoms. The third-order valence-electron chi connectivity index (χ3n) is 5.46. The first kappa shape index (κ1) is 22.9. The van der Waals surface area contributed by atoms with E-state index in [1.807, 2.05) is 22.6 Å². The number of pyridine rings is 1. The molecule has 1 atom stereocenters. The van der Waals surface area contributed by atoms with Crippen LogP contribution in [-0.2, 0) is 5.54 Å². The number of aryl methyl sites for hydroxylation is 1. The molecule has 2 aromatic heterocycles. The Morgan fingerprint density at radius 3 is 2.50 bits per heavy atom. The molecule has 6 nitrogen and oxygen atoms in total. The molecule has 0 bridgehead atoms. The molecule has 1 aliphatic heterocycles. The van der Waals surface area contributed by atoms with Crippen LogP contribution in [0, 0.1) is 6.92 Å². The van der Waals surface area contributed by atoms with E-state index in [4.69, 9.17) is 10.1 Å². The number of carbonyl (C=O) groups excluding carboxylic acids is 1. The Labute approximate surface area is 179 Å². The van der Waals surface area contributed by atoms with Crippen LogP contribution in [0.15, 0.2) is 6.07 Å². The largest absolute Gasteiger partial charge is 0.333 e. The van der Waals surface area contributed by atoms with Gasteiger partial charge in [-0.15, -0.1) is 24.8 Å². The highest BCUT2D eigenvalue weighted by Crippen LogP contribution is 2.41. The van der Waals surface area contributed by atoms with Crippen LogP contribution < -0.4 is 5.32 Å². The van der Waals surface area contributed by atoms with E-state index in [1.165, 1.54) is 12.8 Å². The second kappa shape index (κ2) is 8.17. The van der Waals surface area contributed by atoms with Crippen LogP contribution in [-0.4, -0.2) is 51.2 Å². The van der Waals surface area contributed by atoms with Gasteiger partial charge in [0.1, 0.15) is 0 Å². The van der Waals surface area contributed by atoms with Crippen LogP contribution in [0.2, 0.25) is 0 Å². The first-order valence-electron chi connectivity index (χ1n) is 9.70. The van der Waals surface area contributed by atoms with Gasteiger partial charge < -0.3 is 10.2 Å². The molecule has 0 unspecified atom stereocenters. The standard InChI is InChI=1S/C20H29N5O.2ClH/c1-12-11-21-8-9-24(12)19(26)15-10-16(14-6-7-14)22-18-17(15)13(2)23-25(18)20(3,4)5;;/h10,12,14,21H,6-9,11H2,1-5H3;2*1H/t12-;;/m0../s1. The van der Waals surface area contributed by atoms with Gasteiger partial charge in [0.05, 0.1) is 22.2 Å². The lowest BCUT2D eigenvalue weighted by Crippen LogP contribution is -2.52. The SMILES string of the molecule is Cc1nn(C(C)(C)C)c2nc(C3CC3)cc(C(=O)N3CCNC[C@@H]3C)c12.Cl.Cl. The van der Waals surface area contributed by atoms with E-state index in [0.29, 0.717) is 5.92 Å². The van der Waals surface area contributed by atoms with Crippen molar-refractivity contribution >= 4 is 41.8 Å². The molecule has 8 heteroatoms. The van der Waals surface area contributed by atoms with Crippen molar-refractivity contribution in [1.29, 1.82) is 0 Å². The molecular formula is C20H31Cl2N5O. The number of piperazine rings is 1. The van der Waals surface area contributed by atoms with Crippen LogP contribution in [0.3, 0.4) is 0 Å². The zero-order valence-corrected chi connectivity index (χ0v) is 18.9. The van der Waals surface area contributed by atoms with Crippen LogP contribution in [0.25, 0.3) is 11.0 Å². The number of hydrogen-bond donors (Lipinski definition) is 1. The Kier molecular flexibility index (Phi) is 6.68. The first-order chi connectivity index (χ1) is 12.3. The minimum atomic E-state index is -0.176. The van der Waals surface area contributed by atoms with E-state index in [9.17, 15) is 4.79 Å².